The summed E-state index contributed by atoms with van der Waals surface area (Å²) >= 11 is 5.03. The van der Waals surface area contributed by atoms with Gasteiger partial charge in [0, 0.05) is 12.1 Å². The maximum Gasteiger partial charge on any atom is 0.181 e. The van der Waals surface area contributed by atoms with Gasteiger partial charge in [0.2, 0.25) is 0 Å². The molecule has 0 unspecified atom stereocenters. The van der Waals surface area contributed by atoms with Crippen LogP contribution in [0.3, 0.4) is 0 Å². The minimum atomic E-state index is -2.94. The molecule has 2 rings (SSSR count). The van der Waals surface area contributed by atoms with Gasteiger partial charge in [0.15, 0.2) is 24.8 Å². The second-order valence-electron chi connectivity index (χ2n) is 4.94. The van der Waals surface area contributed by atoms with Crippen molar-refractivity contribution in [1.82, 2.24) is 16.2 Å². The molecule has 2 atom stereocenters. The summed E-state index contributed by atoms with van der Waals surface area (Å²) in [5.74, 6) is 0.558. The van der Waals surface area contributed by atoms with E-state index in [-0.39, 0.29) is 35.1 Å². The molecule has 2 aliphatic heterocycles. The number of hydrogen-bond donors (Lipinski definition) is 3. The Labute approximate surface area is 118 Å². The third-order valence-electron chi connectivity index (χ3n) is 3.19. The van der Waals surface area contributed by atoms with Crippen LogP contribution >= 0.6 is 12.2 Å². The van der Waals surface area contributed by atoms with E-state index < -0.39 is 19.7 Å². The van der Waals surface area contributed by atoms with Crippen LogP contribution in [0.15, 0.2) is 0 Å². The van der Waals surface area contributed by atoms with Crippen molar-refractivity contribution in [2.45, 2.75) is 24.9 Å². The predicted octanol–water partition coefficient (Wildman–Crippen LogP) is -1.67. The zero-order valence-corrected chi connectivity index (χ0v) is 12.7. The van der Waals surface area contributed by atoms with Gasteiger partial charge in [-0.3, -0.25) is 5.43 Å². The maximum absolute atomic E-state index is 11.3. The summed E-state index contributed by atoms with van der Waals surface area (Å²) in [6.07, 6.45) is 1.09. The lowest BCUT2D eigenvalue weighted by molar-refractivity contribution is 0.518. The molecule has 10 heteroatoms. The molecule has 3 N–H and O–H groups in total. The second-order valence-corrected chi connectivity index (χ2v) is 9.81. The Balaban J connectivity index is 1.71. The number of hydrazine groups is 1. The van der Waals surface area contributed by atoms with Crippen molar-refractivity contribution in [1.29, 1.82) is 0 Å². The van der Waals surface area contributed by atoms with E-state index in [2.05, 4.69) is 16.2 Å². The van der Waals surface area contributed by atoms with E-state index in [1.54, 1.807) is 0 Å². The quantitative estimate of drug-likeness (QED) is 0.417. The summed E-state index contributed by atoms with van der Waals surface area (Å²) in [6, 6.07) is -0.323. The van der Waals surface area contributed by atoms with Crippen LogP contribution in [0.5, 0.6) is 0 Å². The molecule has 0 saturated carbocycles. The molecule has 0 bridgehead atoms. The Bertz CT molecular complexity index is 557. The first-order chi connectivity index (χ1) is 8.76. The standard InChI is InChI=1S/C9H17N3O4S3/c13-18(14)3-1-7(5-18)10-9(17)12-11-8-2-4-19(15,16)6-8/h7-8,11H,1-6H2,(H2,10,12,17)/t7-,8-/m0/s1. The lowest BCUT2D eigenvalue weighted by atomic mass is 10.3. The second kappa shape index (κ2) is 5.51. The van der Waals surface area contributed by atoms with Crippen molar-refractivity contribution in [2.24, 2.45) is 0 Å². The van der Waals surface area contributed by atoms with E-state index in [1.807, 2.05) is 0 Å². The SMILES string of the molecule is O=S1(=O)CC[C@H](NNC(=S)N[C@H]2CCS(=O)(=O)C2)C1. The highest BCUT2D eigenvalue weighted by molar-refractivity contribution is 7.92. The highest BCUT2D eigenvalue weighted by Gasteiger charge is 2.29. The zero-order chi connectivity index (χ0) is 14.1. The summed E-state index contributed by atoms with van der Waals surface area (Å²) in [5.41, 5.74) is 5.58. The molecule has 0 radical (unpaired) electrons. The number of thiocarbonyl (C=S) groups is 1. The highest BCUT2D eigenvalue weighted by Crippen LogP contribution is 2.11. The van der Waals surface area contributed by atoms with Gasteiger partial charge in [-0.1, -0.05) is 0 Å². The molecule has 0 aromatic rings. The lowest BCUT2D eigenvalue weighted by Gasteiger charge is -2.17. The highest BCUT2D eigenvalue weighted by atomic mass is 32.2. The number of nitrogens with one attached hydrogen (secondary N) is 3. The predicted molar refractivity (Wildman–Crippen MR) is 76.1 cm³/mol. The maximum atomic E-state index is 11.3. The molecule has 0 spiro atoms. The van der Waals surface area contributed by atoms with E-state index in [0.29, 0.717) is 18.0 Å². The minimum Gasteiger partial charge on any atom is -0.358 e. The fourth-order valence-corrected chi connectivity index (χ4v) is 5.78. The molecule has 0 aromatic carbocycles. The van der Waals surface area contributed by atoms with Gasteiger partial charge >= 0.3 is 0 Å². The van der Waals surface area contributed by atoms with Gasteiger partial charge < -0.3 is 5.32 Å². The third kappa shape index (κ3) is 4.55. The van der Waals surface area contributed by atoms with Crippen molar-refractivity contribution in [3.05, 3.63) is 0 Å². The van der Waals surface area contributed by atoms with Gasteiger partial charge in [0.25, 0.3) is 0 Å². The molecule has 2 saturated heterocycles. The minimum absolute atomic E-state index is 0.0899. The van der Waals surface area contributed by atoms with Gasteiger partial charge in [-0.2, -0.15) is 0 Å². The fourth-order valence-electron chi connectivity index (χ4n) is 2.21. The van der Waals surface area contributed by atoms with Crippen LogP contribution in [0, 0.1) is 0 Å². The van der Waals surface area contributed by atoms with Crippen molar-refractivity contribution in [3.8, 4) is 0 Å². The van der Waals surface area contributed by atoms with Crippen LogP contribution in [0.2, 0.25) is 0 Å². The Morgan fingerprint density at radius 1 is 0.947 bits per heavy atom. The average Bonchev–Trinajstić information content (AvgIpc) is 2.78. The zero-order valence-electron chi connectivity index (χ0n) is 10.3. The first kappa shape index (κ1) is 14.9. The van der Waals surface area contributed by atoms with Gasteiger partial charge in [0.05, 0.1) is 23.0 Å². The third-order valence-corrected chi connectivity index (χ3v) is 6.95. The summed E-state index contributed by atoms with van der Waals surface area (Å²) in [5, 5.41) is 3.21. The molecule has 2 fully saturated rings. The van der Waals surface area contributed by atoms with E-state index >= 15 is 0 Å². The van der Waals surface area contributed by atoms with Crippen LogP contribution in [0.1, 0.15) is 12.8 Å². The van der Waals surface area contributed by atoms with E-state index in [0.717, 1.165) is 0 Å². The van der Waals surface area contributed by atoms with Crippen LogP contribution in [0.25, 0.3) is 0 Å². The lowest BCUT2D eigenvalue weighted by Crippen LogP contribution is -2.51. The number of hydrogen-bond acceptors (Lipinski definition) is 6. The van der Waals surface area contributed by atoms with Crippen LogP contribution < -0.4 is 16.2 Å². The Kier molecular flexibility index (Phi) is 4.33. The van der Waals surface area contributed by atoms with E-state index in [9.17, 15) is 16.8 Å². The van der Waals surface area contributed by atoms with E-state index in [4.69, 9.17) is 12.2 Å². The summed E-state index contributed by atoms with van der Waals surface area (Å²) in [7, 11) is -5.86. The molecule has 0 aromatic heterocycles. The van der Waals surface area contributed by atoms with Crippen molar-refractivity contribution >= 4 is 37.0 Å². The Morgan fingerprint density at radius 2 is 1.47 bits per heavy atom. The monoisotopic (exact) mass is 327 g/mol. The Morgan fingerprint density at radius 3 is 1.95 bits per heavy atom. The molecule has 110 valence electrons. The average molecular weight is 327 g/mol. The Hall–Kier alpha value is -0.450. The van der Waals surface area contributed by atoms with Crippen molar-refractivity contribution in [3.63, 3.8) is 0 Å². The first-order valence-corrected chi connectivity index (χ1v) is 10.0. The van der Waals surface area contributed by atoms with Gasteiger partial charge in [-0.05, 0) is 25.1 Å². The van der Waals surface area contributed by atoms with Crippen molar-refractivity contribution < 1.29 is 16.8 Å². The van der Waals surface area contributed by atoms with E-state index in [1.165, 1.54) is 0 Å². The number of sulfone groups is 2. The van der Waals surface area contributed by atoms with Crippen molar-refractivity contribution in [2.75, 3.05) is 23.0 Å². The largest absolute Gasteiger partial charge is 0.358 e. The summed E-state index contributed by atoms with van der Waals surface area (Å²) in [4.78, 5) is 0. The van der Waals surface area contributed by atoms with Gasteiger partial charge in [-0.15, -0.1) is 0 Å². The molecule has 7 nitrogen and oxygen atoms in total. The normalized spacial score (nSPS) is 32.0. The molecule has 19 heavy (non-hydrogen) atoms. The summed E-state index contributed by atoms with van der Waals surface area (Å²) in [6.45, 7) is 0. The van der Waals surface area contributed by atoms with Gasteiger partial charge in [-0.25, -0.2) is 22.3 Å². The molecule has 2 aliphatic rings. The number of rotatable bonds is 3. The molecular weight excluding hydrogens is 310 g/mol. The molecule has 0 amide bonds. The molecule has 2 heterocycles. The van der Waals surface area contributed by atoms with Crippen LogP contribution in [0.4, 0.5) is 0 Å². The van der Waals surface area contributed by atoms with Gasteiger partial charge in [0.1, 0.15) is 0 Å². The molecule has 0 aliphatic carbocycles. The smallest absolute Gasteiger partial charge is 0.181 e. The van der Waals surface area contributed by atoms with Crippen LogP contribution in [-0.4, -0.2) is 57.0 Å². The first-order valence-electron chi connectivity index (χ1n) is 5.99. The topological polar surface area (TPSA) is 104 Å². The summed E-state index contributed by atoms with van der Waals surface area (Å²) < 4.78 is 45.1. The fraction of sp³-hybridized carbons (Fsp3) is 0.889. The van der Waals surface area contributed by atoms with Crippen LogP contribution in [-0.2, 0) is 19.7 Å². The molecular formula is C9H17N3O4S3.